The average Bonchev–Trinajstić information content (AvgIpc) is 3.06. The van der Waals surface area contributed by atoms with Gasteiger partial charge in [-0.15, -0.1) is 0 Å². The molecule has 2 aromatic rings. The number of nitrogens with zero attached hydrogens (tertiary/aromatic N) is 2. The van der Waals surface area contributed by atoms with Gasteiger partial charge in [0.15, 0.2) is 0 Å². The number of hydrogen-bond donors (Lipinski definition) is 1. The zero-order valence-electron chi connectivity index (χ0n) is 13.2. The van der Waals surface area contributed by atoms with Crippen LogP contribution in [0.4, 0.5) is 0 Å². The van der Waals surface area contributed by atoms with E-state index in [0.717, 1.165) is 25.8 Å². The normalized spacial score (nSPS) is 18.8. The van der Waals surface area contributed by atoms with Crippen LogP contribution in [0.25, 0.3) is 0 Å². The maximum Gasteiger partial charge on any atom is 0.274 e. The number of H-pyrrole nitrogens is 1. The van der Waals surface area contributed by atoms with Crippen LogP contribution in [0.3, 0.4) is 0 Å². The van der Waals surface area contributed by atoms with Crippen molar-refractivity contribution >= 4 is 5.91 Å². The molecule has 1 saturated heterocycles. The van der Waals surface area contributed by atoms with E-state index < -0.39 is 0 Å². The fourth-order valence-corrected chi connectivity index (χ4v) is 3.50. The van der Waals surface area contributed by atoms with Crippen LogP contribution < -0.4 is 5.56 Å². The number of amides is 1. The first-order valence-corrected chi connectivity index (χ1v) is 8.12. The highest BCUT2D eigenvalue weighted by Gasteiger charge is 2.35. The Bertz CT molecular complexity index is 706. The molecule has 1 aromatic heterocycles. The molecule has 2 atom stereocenters. The molecule has 1 fully saturated rings. The van der Waals surface area contributed by atoms with E-state index in [1.165, 1.54) is 17.7 Å². The van der Waals surface area contributed by atoms with Crippen LogP contribution in [0.2, 0.25) is 0 Å². The molecule has 0 spiro atoms. The standard InChI is InChI=1S/C18H21N3O2/c1-2-14(13-7-4-3-5-8-13)16-9-6-12-21(16)18(23)15-10-11-17(22)20-19-15/h3-5,7-8,10-11,14,16H,2,6,9,12H2,1H3,(H,20,22)/t14-,16+/m1/s1. The minimum Gasteiger partial charge on any atom is -0.334 e. The molecule has 0 unspecified atom stereocenters. The number of carbonyl (C=O) groups excluding carboxylic acids is 1. The van der Waals surface area contributed by atoms with Crippen LogP contribution in [0.5, 0.6) is 0 Å². The Kier molecular flexibility index (Phi) is 4.55. The lowest BCUT2D eigenvalue weighted by molar-refractivity contribution is 0.0707. The van der Waals surface area contributed by atoms with E-state index >= 15 is 0 Å². The van der Waals surface area contributed by atoms with Crippen molar-refractivity contribution < 1.29 is 4.79 Å². The van der Waals surface area contributed by atoms with Crippen molar-refractivity contribution in [2.45, 2.75) is 38.1 Å². The Balaban J connectivity index is 1.85. The van der Waals surface area contributed by atoms with E-state index in [0.29, 0.717) is 11.6 Å². The second-order valence-corrected chi connectivity index (χ2v) is 5.94. The Hall–Kier alpha value is -2.43. The molecule has 1 aromatic carbocycles. The summed E-state index contributed by atoms with van der Waals surface area (Å²) in [4.78, 5) is 25.8. The van der Waals surface area contributed by atoms with Crippen molar-refractivity contribution in [1.29, 1.82) is 0 Å². The van der Waals surface area contributed by atoms with Crippen molar-refractivity contribution in [2.75, 3.05) is 6.54 Å². The van der Waals surface area contributed by atoms with Crippen molar-refractivity contribution in [2.24, 2.45) is 0 Å². The van der Waals surface area contributed by atoms with Gasteiger partial charge in [0.05, 0.1) is 0 Å². The largest absolute Gasteiger partial charge is 0.334 e. The van der Waals surface area contributed by atoms with Gasteiger partial charge >= 0.3 is 0 Å². The van der Waals surface area contributed by atoms with Crippen molar-refractivity contribution in [1.82, 2.24) is 15.1 Å². The van der Waals surface area contributed by atoms with Gasteiger partial charge in [-0.1, -0.05) is 37.3 Å². The Morgan fingerprint density at radius 3 is 2.74 bits per heavy atom. The second-order valence-electron chi connectivity index (χ2n) is 5.94. The third-order valence-electron chi connectivity index (χ3n) is 4.59. The molecule has 0 radical (unpaired) electrons. The Morgan fingerprint density at radius 2 is 2.09 bits per heavy atom. The van der Waals surface area contributed by atoms with Crippen LogP contribution in [-0.4, -0.2) is 33.6 Å². The van der Waals surface area contributed by atoms with E-state index in [1.54, 1.807) is 0 Å². The van der Waals surface area contributed by atoms with Crippen LogP contribution >= 0.6 is 0 Å². The van der Waals surface area contributed by atoms with Gasteiger partial charge in [-0.05, 0) is 30.9 Å². The maximum absolute atomic E-state index is 12.8. The number of nitrogens with one attached hydrogen (secondary N) is 1. The quantitative estimate of drug-likeness (QED) is 0.943. The lowest BCUT2D eigenvalue weighted by Gasteiger charge is -2.31. The number of benzene rings is 1. The lowest BCUT2D eigenvalue weighted by Crippen LogP contribution is -2.39. The molecule has 0 bridgehead atoms. The summed E-state index contributed by atoms with van der Waals surface area (Å²) in [7, 11) is 0. The number of likely N-dealkylation sites (tertiary alicyclic amines) is 1. The first kappa shape index (κ1) is 15.5. The van der Waals surface area contributed by atoms with E-state index in [2.05, 4.69) is 29.3 Å². The number of rotatable bonds is 4. The molecule has 0 saturated carbocycles. The summed E-state index contributed by atoms with van der Waals surface area (Å²) >= 11 is 0. The molecular weight excluding hydrogens is 290 g/mol. The summed E-state index contributed by atoms with van der Waals surface area (Å²) in [5.41, 5.74) is 1.28. The zero-order valence-corrected chi connectivity index (χ0v) is 13.2. The molecule has 5 heteroatoms. The first-order valence-electron chi connectivity index (χ1n) is 8.12. The van der Waals surface area contributed by atoms with Gasteiger partial charge in [-0.3, -0.25) is 9.59 Å². The molecule has 1 amide bonds. The Labute approximate surface area is 135 Å². The monoisotopic (exact) mass is 311 g/mol. The predicted molar refractivity (Wildman–Crippen MR) is 88.4 cm³/mol. The van der Waals surface area contributed by atoms with Gasteiger partial charge in [0.2, 0.25) is 0 Å². The third-order valence-corrected chi connectivity index (χ3v) is 4.59. The molecule has 120 valence electrons. The summed E-state index contributed by atoms with van der Waals surface area (Å²) < 4.78 is 0. The summed E-state index contributed by atoms with van der Waals surface area (Å²) in [6.45, 7) is 2.91. The van der Waals surface area contributed by atoms with E-state index in [1.807, 2.05) is 23.1 Å². The summed E-state index contributed by atoms with van der Waals surface area (Å²) in [6.07, 6.45) is 2.99. The van der Waals surface area contributed by atoms with E-state index in [4.69, 9.17) is 0 Å². The lowest BCUT2D eigenvalue weighted by atomic mass is 9.87. The maximum atomic E-state index is 12.8. The van der Waals surface area contributed by atoms with Crippen molar-refractivity contribution in [3.8, 4) is 0 Å². The molecule has 5 nitrogen and oxygen atoms in total. The van der Waals surface area contributed by atoms with Crippen LogP contribution in [0, 0.1) is 0 Å². The second kappa shape index (κ2) is 6.77. The Morgan fingerprint density at radius 1 is 1.30 bits per heavy atom. The SMILES string of the molecule is CC[C@H](c1ccccc1)[C@@H]1CCCN1C(=O)c1ccc(=O)[nH]n1. The zero-order chi connectivity index (χ0) is 16.2. The minimum atomic E-state index is -0.296. The summed E-state index contributed by atoms with van der Waals surface area (Å²) in [5.74, 6) is 0.226. The smallest absolute Gasteiger partial charge is 0.274 e. The summed E-state index contributed by atoms with van der Waals surface area (Å²) in [6, 6.07) is 13.4. The van der Waals surface area contributed by atoms with Gasteiger partial charge in [0.25, 0.3) is 11.5 Å². The molecule has 2 heterocycles. The molecular formula is C18H21N3O2. The molecule has 23 heavy (non-hydrogen) atoms. The number of hydrogen-bond acceptors (Lipinski definition) is 3. The highest BCUT2D eigenvalue weighted by molar-refractivity contribution is 5.92. The van der Waals surface area contributed by atoms with Crippen LogP contribution in [-0.2, 0) is 0 Å². The van der Waals surface area contributed by atoms with Gasteiger partial charge < -0.3 is 4.90 Å². The fourth-order valence-electron chi connectivity index (χ4n) is 3.50. The van der Waals surface area contributed by atoms with Crippen molar-refractivity contribution in [3.63, 3.8) is 0 Å². The van der Waals surface area contributed by atoms with Gasteiger partial charge in [-0.2, -0.15) is 5.10 Å². The topological polar surface area (TPSA) is 66.1 Å². The molecule has 1 aliphatic heterocycles. The van der Waals surface area contributed by atoms with E-state index in [-0.39, 0.29) is 17.5 Å². The number of carbonyl (C=O) groups is 1. The molecule has 1 N–H and O–H groups in total. The van der Waals surface area contributed by atoms with Crippen molar-refractivity contribution in [3.05, 3.63) is 64.1 Å². The first-order chi connectivity index (χ1) is 11.2. The van der Waals surface area contributed by atoms with Gasteiger partial charge in [-0.25, -0.2) is 5.10 Å². The summed E-state index contributed by atoms with van der Waals surface area (Å²) in [5, 5.41) is 6.23. The van der Waals surface area contributed by atoms with E-state index in [9.17, 15) is 9.59 Å². The predicted octanol–water partition coefficient (Wildman–Crippen LogP) is 2.57. The molecule has 0 aliphatic carbocycles. The molecule has 1 aliphatic rings. The van der Waals surface area contributed by atoms with Gasteiger partial charge in [0.1, 0.15) is 5.69 Å². The fraction of sp³-hybridized carbons (Fsp3) is 0.389. The third kappa shape index (κ3) is 3.18. The highest BCUT2D eigenvalue weighted by atomic mass is 16.2. The van der Waals surface area contributed by atoms with Crippen LogP contribution in [0.1, 0.15) is 48.2 Å². The number of aromatic nitrogens is 2. The van der Waals surface area contributed by atoms with Gasteiger partial charge in [0, 0.05) is 24.6 Å². The number of aromatic amines is 1. The average molecular weight is 311 g/mol. The molecule has 3 rings (SSSR count). The minimum absolute atomic E-state index is 0.0990. The highest BCUT2D eigenvalue weighted by Crippen LogP contribution is 2.34. The van der Waals surface area contributed by atoms with Crippen LogP contribution in [0.15, 0.2) is 47.3 Å².